The van der Waals surface area contributed by atoms with Crippen molar-refractivity contribution in [2.45, 2.75) is 53.4 Å². The molecule has 0 N–H and O–H groups in total. The van der Waals surface area contributed by atoms with Crippen LogP contribution >= 0.6 is 0 Å². The highest BCUT2D eigenvalue weighted by molar-refractivity contribution is 5.49. The molecule has 1 aromatic heterocycles. The van der Waals surface area contributed by atoms with Gasteiger partial charge in [0.25, 0.3) is 0 Å². The Hall–Kier alpha value is -1.81. The standard InChI is InChI=1S/C18H21N.C2H6/c1-4-15-11-13-19-17(14-15)10-7-9-16-8-5-6-12-18(16,2)3;1-2/h4,9,11,13-14H,1,5-6,8,12H2,2-3H3;1-2H3/b16-9+;. The van der Waals surface area contributed by atoms with Gasteiger partial charge in [-0.3, -0.25) is 0 Å². The average molecular weight is 281 g/mol. The van der Waals surface area contributed by atoms with Crippen LogP contribution in [0.3, 0.4) is 0 Å². The first-order valence-corrected chi connectivity index (χ1v) is 7.91. The third-order valence-electron chi connectivity index (χ3n) is 3.83. The lowest BCUT2D eigenvalue weighted by Gasteiger charge is -2.32. The van der Waals surface area contributed by atoms with Gasteiger partial charge in [0.2, 0.25) is 0 Å². The minimum atomic E-state index is 0.309. The van der Waals surface area contributed by atoms with Crippen molar-refractivity contribution in [1.29, 1.82) is 0 Å². The lowest BCUT2D eigenvalue weighted by Crippen LogP contribution is -2.18. The zero-order chi connectivity index (χ0) is 15.7. The lowest BCUT2D eigenvalue weighted by molar-refractivity contribution is 0.336. The zero-order valence-corrected chi connectivity index (χ0v) is 13.9. The van der Waals surface area contributed by atoms with E-state index in [4.69, 9.17) is 0 Å². The molecule has 1 aliphatic rings. The van der Waals surface area contributed by atoms with E-state index in [-0.39, 0.29) is 0 Å². The second-order valence-electron chi connectivity index (χ2n) is 5.71. The van der Waals surface area contributed by atoms with E-state index in [2.05, 4.69) is 43.3 Å². The summed E-state index contributed by atoms with van der Waals surface area (Å²) in [4.78, 5) is 4.26. The van der Waals surface area contributed by atoms with E-state index in [0.29, 0.717) is 5.41 Å². The molecule has 1 heteroatoms. The Morgan fingerprint density at radius 1 is 1.29 bits per heavy atom. The summed E-state index contributed by atoms with van der Waals surface area (Å²) in [5.41, 5.74) is 3.66. The van der Waals surface area contributed by atoms with Crippen molar-refractivity contribution in [2.24, 2.45) is 5.41 Å². The van der Waals surface area contributed by atoms with Crippen LogP contribution in [0.25, 0.3) is 6.08 Å². The molecule has 0 aliphatic heterocycles. The molecule has 0 radical (unpaired) electrons. The van der Waals surface area contributed by atoms with Gasteiger partial charge in [-0.2, -0.15) is 0 Å². The van der Waals surface area contributed by atoms with Crippen molar-refractivity contribution in [2.75, 3.05) is 0 Å². The minimum absolute atomic E-state index is 0.309. The number of hydrogen-bond donors (Lipinski definition) is 0. The molecule has 1 saturated carbocycles. The fraction of sp³-hybridized carbons (Fsp3) is 0.450. The van der Waals surface area contributed by atoms with Gasteiger partial charge in [-0.05, 0) is 54.4 Å². The lowest BCUT2D eigenvalue weighted by atomic mass is 9.73. The highest BCUT2D eigenvalue weighted by Gasteiger charge is 2.25. The second kappa shape index (κ2) is 8.47. The second-order valence-corrected chi connectivity index (χ2v) is 5.71. The average Bonchev–Trinajstić information content (AvgIpc) is 2.51. The smallest absolute Gasteiger partial charge is 0.114 e. The highest BCUT2D eigenvalue weighted by atomic mass is 14.6. The first kappa shape index (κ1) is 17.2. The van der Waals surface area contributed by atoms with E-state index in [9.17, 15) is 0 Å². The van der Waals surface area contributed by atoms with Gasteiger partial charge in [-0.25, -0.2) is 4.98 Å². The van der Waals surface area contributed by atoms with E-state index >= 15 is 0 Å². The van der Waals surface area contributed by atoms with Crippen LogP contribution in [0.5, 0.6) is 0 Å². The van der Waals surface area contributed by atoms with E-state index < -0.39 is 0 Å². The van der Waals surface area contributed by atoms with E-state index in [0.717, 1.165) is 11.3 Å². The summed E-state index contributed by atoms with van der Waals surface area (Å²) in [7, 11) is 0. The topological polar surface area (TPSA) is 12.9 Å². The molecule has 0 atom stereocenters. The summed E-state index contributed by atoms with van der Waals surface area (Å²) in [5.74, 6) is 6.29. The molecule has 0 bridgehead atoms. The maximum Gasteiger partial charge on any atom is 0.114 e. The first-order valence-electron chi connectivity index (χ1n) is 7.91. The van der Waals surface area contributed by atoms with Gasteiger partial charge >= 0.3 is 0 Å². The monoisotopic (exact) mass is 281 g/mol. The van der Waals surface area contributed by atoms with Gasteiger partial charge < -0.3 is 0 Å². The third kappa shape index (κ3) is 5.23. The highest BCUT2D eigenvalue weighted by Crippen LogP contribution is 2.39. The Bertz CT molecular complexity index is 553. The fourth-order valence-corrected chi connectivity index (χ4v) is 2.49. The van der Waals surface area contributed by atoms with Gasteiger partial charge in [0.1, 0.15) is 5.69 Å². The van der Waals surface area contributed by atoms with Crippen LogP contribution in [0.2, 0.25) is 0 Å². The van der Waals surface area contributed by atoms with Gasteiger partial charge in [-0.1, -0.05) is 58.3 Å². The van der Waals surface area contributed by atoms with Crippen molar-refractivity contribution in [3.8, 4) is 11.8 Å². The largest absolute Gasteiger partial charge is 0.248 e. The number of hydrogen-bond acceptors (Lipinski definition) is 1. The minimum Gasteiger partial charge on any atom is -0.248 e. The number of aromatic nitrogens is 1. The molecule has 1 fully saturated rings. The normalized spacial score (nSPS) is 18.0. The maximum atomic E-state index is 4.26. The van der Waals surface area contributed by atoms with Crippen molar-refractivity contribution in [3.63, 3.8) is 0 Å². The number of pyridine rings is 1. The molecule has 2 rings (SSSR count). The molecule has 0 saturated heterocycles. The quantitative estimate of drug-likeness (QED) is 0.608. The Kier molecular flexibility index (Phi) is 6.96. The van der Waals surface area contributed by atoms with Crippen molar-refractivity contribution in [1.82, 2.24) is 4.98 Å². The molecule has 1 nitrogen and oxygen atoms in total. The summed E-state index contributed by atoms with van der Waals surface area (Å²) in [6, 6.07) is 3.89. The molecule has 21 heavy (non-hydrogen) atoms. The Balaban J connectivity index is 0.00000106. The summed E-state index contributed by atoms with van der Waals surface area (Å²) < 4.78 is 0. The molecule has 1 aromatic rings. The molecule has 0 amide bonds. The van der Waals surface area contributed by atoms with Crippen molar-refractivity contribution >= 4 is 6.08 Å². The van der Waals surface area contributed by atoms with Gasteiger partial charge in [0.15, 0.2) is 0 Å². The number of allylic oxidation sites excluding steroid dienone is 2. The van der Waals surface area contributed by atoms with Crippen LogP contribution in [-0.2, 0) is 0 Å². The number of nitrogens with zero attached hydrogens (tertiary/aromatic N) is 1. The van der Waals surface area contributed by atoms with Gasteiger partial charge in [-0.15, -0.1) is 0 Å². The van der Waals surface area contributed by atoms with Crippen LogP contribution in [0.1, 0.15) is 64.6 Å². The molecular formula is C20H27N. The molecule has 1 heterocycles. The van der Waals surface area contributed by atoms with E-state index in [1.54, 1.807) is 6.20 Å². The first-order chi connectivity index (χ1) is 10.1. The molecule has 0 aromatic carbocycles. The maximum absolute atomic E-state index is 4.26. The number of rotatable bonds is 1. The summed E-state index contributed by atoms with van der Waals surface area (Å²) in [5, 5.41) is 0. The summed E-state index contributed by atoms with van der Waals surface area (Å²) in [6.07, 6.45) is 10.8. The molecule has 1 aliphatic carbocycles. The molecule has 0 unspecified atom stereocenters. The van der Waals surface area contributed by atoms with Crippen LogP contribution in [0, 0.1) is 17.3 Å². The third-order valence-corrected chi connectivity index (χ3v) is 3.83. The molecule has 112 valence electrons. The fourth-order valence-electron chi connectivity index (χ4n) is 2.49. The van der Waals surface area contributed by atoms with Crippen LogP contribution < -0.4 is 0 Å². The van der Waals surface area contributed by atoms with Crippen molar-refractivity contribution in [3.05, 3.63) is 47.8 Å². The van der Waals surface area contributed by atoms with Crippen molar-refractivity contribution < 1.29 is 0 Å². The predicted octanol–water partition coefficient (Wildman–Crippen LogP) is 5.63. The summed E-state index contributed by atoms with van der Waals surface area (Å²) in [6.45, 7) is 12.4. The van der Waals surface area contributed by atoms with Gasteiger partial charge in [0, 0.05) is 6.20 Å². The van der Waals surface area contributed by atoms with Crippen LogP contribution in [-0.4, -0.2) is 4.98 Å². The van der Waals surface area contributed by atoms with E-state index in [1.165, 1.54) is 31.3 Å². The predicted molar refractivity (Wildman–Crippen MR) is 92.9 cm³/mol. The zero-order valence-electron chi connectivity index (χ0n) is 13.9. The SMILES string of the molecule is C=Cc1ccnc(C#C/C=C2\CCCCC2(C)C)c1.CC. The Morgan fingerprint density at radius 3 is 2.71 bits per heavy atom. The van der Waals surface area contributed by atoms with Crippen LogP contribution in [0.15, 0.2) is 36.6 Å². The van der Waals surface area contributed by atoms with Gasteiger partial charge in [0.05, 0.1) is 0 Å². The molecular weight excluding hydrogens is 254 g/mol. The molecule has 0 spiro atoms. The Morgan fingerprint density at radius 2 is 2.05 bits per heavy atom. The Labute approximate surface area is 130 Å². The van der Waals surface area contributed by atoms with Crippen LogP contribution in [0.4, 0.5) is 0 Å². The summed E-state index contributed by atoms with van der Waals surface area (Å²) >= 11 is 0. The van der Waals surface area contributed by atoms with E-state index in [1.807, 2.05) is 32.1 Å².